The van der Waals surface area contributed by atoms with E-state index in [-0.39, 0.29) is 21.3 Å². The van der Waals surface area contributed by atoms with Crippen LogP contribution in [-0.2, 0) is 14.8 Å². The van der Waals surface area contributed by atoms with E-state index in [0.29, 0.717) is 23.5 Å². The summed E-state index contributed by atoms with van der Waals surface area (Å²) in [6.07, 6.45) is 1.58. The summed E-state index contributed by atoms with van der Waals surface area (Å²) < 4.78 is 60.4. The topological polar surface area (TPSA) is 88.6 Å². The molecule has 4 rings (SSSR count). The first-order valence-corrected chi connectivity index (χ1v) is 12.5. The second-order valence-electron chi connectivity index (χ2n) is 7.21. The molecule has 1 saturated heterocycles. The van der Waals surface area contributed by atoms with Gasteiger partial charge in [-0.25, -0.2) is 22.2 Å². The van der Waals surface area contributed by atoms with Crippen LogP contribution in [0.25, 0.3) is 0 Å². The van der Waals surface area contributed by atoms with Crippen LogP contribution in [0.15, 0.2) is 53.6 Å². The van der Waals surface area contributed by atoms with Crippen molar-refractivity contribution in [2.45, 2.75) is 23.8 Å². The van der Waals surface area contributed by atoms with Gasteiger partial charge in [0.15, 0.2) is 16.7 Å². The number of halogens is 3. The van der Waals surface area contributed by atoms with E-state index in [9.17, 15) is 22.0 Å². The predicted molar refractivity (Wildman–Crippen MR) is 120 cm³/mol. The Balaban J connectivity index is 1.63. The third kappa shape index (κ3) is 5.32. The lowest BCUT2D eigenvalue weighted by Crippen LogP contribution is -2.28. The molecule has 1 fully saturated rings. The minimum Gasteiger partial charge on any atom is -0.473 e. The minimum absolute atomic E-state index is 0.0759. The fraction of sp³-hybridized carbons (Fsp3) is 0.238. The van der Waals surface area contributed by atoms with Gasteiger partial charge in [-0.05, 0) is 37.1 Å². The van der Waals surface area contributed by atoms with Gasteiger partial charge >= 0.3 is 0 Å². The summed E-state index contributed by atoms with van der Waals surface area (Å²) in [5.41, 5.74) is 0.263. The lowest BCUT2D eigenvalue weighted by molar-refractivity contribution is -0.123. The summed E-state index contributed by atoms with van der Waals surface area (Å²) in [4.78, 5) is 17.0. The molecule has 0 spiro atoms. The Morgan fingerprint density at radius 1 is 1.15 bits per heavy atom. The van der Waals surface area contributed by atoms with Crippen LogP contribution in [0.3, 0.4) is 0 Å². The van der Waals surface area contributed by atoms with E-state index in [0.717, 1.165) is 36.3 Å². The van der Waals surface area contributed by atoms with Crippen LogP contribution in [-0.4, -0.2) is 36.7 Å². The van der Waals surface area contributed by atoms with E-state index < -0.39 is 33.7 Å². The number of aromatic nitrogens is 1. The number of anilines is 1. The summed E-state index contributed by atoms with van der Waals surface area (Å²) in [6.45, 7) is 0.914. The molecule has 0 radical (unpaired) electrons. The van der Waals surface area contributed by atoms with Crippen molar-refractivity contribution in [1.29, 1.82) is 0 Å². The van der Waals surface area contributed by atoms with Gasteiger partial charge in [0, 0.05) is 24.7 Å². The van der Waals surface area contributed by atoms with Gasteiger partial charge in [0.05, 0.1) is 11.1 Å². The average Bonchev–Trinajstić information content (AvgIpc) is 3.46. The Bertz CT molecular complexity index is 1260. The number of hydrogen-bond acceptors (Lipinski definition) is 6. The maximum absolute atomic E-state index is 14.2. The molecule has 174 valence electrons. The van der Waals surface area contributed by atoms with E-state index in [2.05, 4.69) is 10.3 Å². The van der Waals surface area contributed by atoms with Gasteiger partial charge in [0.2, 0.25) is 16.1 Å². The Hall–Kier alpha value is -2.60. The van der Waals surface area contributed by atoms with E-state index in [4.69, 9.17) is 16.3 Å². The minimum atomic E-state index is -3.65. The summed E-state index contributed by atoms with van der Waals surface area (Å²) in [5, 5.41) is 2.74. The van der Waals surface area contributed by atoms with Gasteiger partial charge in [0.25, 0.3) is 5.91 Å². The van der Waals surface area contributed by atoms with Crippen molar-refractivity contribution >= 4 is 44.0 Å². The molecule has 2 heterocycles. The zero-order valence-electron chi connectivity index (χ0n) is 17.0. The molecule has 0 saturated carbocycles. The smallest absolute Gasteiger partial charge is 0.271 e. The molecule has 2 aromatic carbocycles. The van der Waals surface area contributed by atoms with Crippen LogP contribution in [0.1, 0.15) is 24.5 Å². The Kier molecular flexibility index (Phi) is 6.94. The number of amides is 1. The summed E-state index contributed by atoms with van der Waals surface area (Å²) in [6, 6.07) is 8.28. The highest BCUT2D eigenvalue weighted by Crippen LogP contribution is 2.30. The third-order valence-corrected chi connectivity index (χ3v) is 7.91. The first-order chi connectivity index (χ1) is 15.7. The van der Waals surface area contributed by atoms with Crippen molar-refractivity contribution in [3.8, 4) is 5.75 Å². The number of benzene rings is 2. The van der Waals surface area contributed by atoms with Crippen LogP contribution in [0, 0.1) is 11.6 Å². The normalized spacial score (nSPS) is 15.4. The molecular formula is C21H18ClF2N3O4S2. The van der Waals surface area contributed by atoms with Crippen molar-refractivity contribution < 1.29 is 26.7 Å². The summed E-state index contributed by atoms with van der Waals surface area (Å²) >= 11 is 6.87. The predicted octanol–water partition coefficient (Wildman–Crippen LogP) is 4.62. The summed E-state index contributed by atoms with van der Waals surface area (Å²) in [7, 11) is -3.65. The van der Waals surface area contributed by atoms with Crippen LogP contribution < -0.4 is 10.1 Å². The molecule has 1 atom stereocenters. The van der Waals surface area contributed by atoms with Crippen LogP contribution in [0.5, 0.6) is 5.75 Å². The molecule has 0 aliphatic carbocycles. The maximum atomic E-state index is 14.2. The number of sulfonamides is 1. The molecule has 1 amide bonds. The number of nitrogens with one attached hydrogen (secondary N) is 1. The number of rotatable bonds is 7. The highest BCUT2D eigenvalue weighted by Gasteiger charge is 2.29. The lowest BCUT2D eigenvalue weighted by atomic mass is 10.1. The Morgan fingerprint density at radius 3 is 2.45 bits per heavy atom. The third-order valence-electron chi connectivity index (χ3n) is 4.97. The van der Waals surface area contributed by atoms with E-state index in [1.54, 1.807) is 0 Å². The standard InChI is InChI=1S/C21H18ClF2N3O4S2/c22-18-12-25-21(32-18)26-20(28)19(31-17-8-5-14(23)11-16(17)24)13-3-6-15(7-4-13)33(29,30)27-9-1-2-10-27/h3-8,11-12,19H,1-2,9-10H2,(H,25,26,28). The molecule has 33 heavy (non-hydrogen) atoms. The molecule has 7 nitrogen and oxygen atoms in total. The largest absolute Gasteiger partial charge is 0.473 e. The number of nitrogens with zero attached hydrogens (tertiary/aromatic N) is 2. The van der Waals surface area contributed by atoms with Crippen molar-refractivity contribution in [2.75, 3.05) is 18.4 Å². The quantitative estimate of drug-likeness (QED) is 0.498. The average molecular weight is 514 g/mol. The second-order valence-corrected chi connectivity index (χ2v) is 10.8. The molecular weight excluding hydrogens is 496 g/mol. The van der Waals surface area contributed by atoms with Crippen LogP contribution in [0.4, 0.5) is 13.9 Å². The van der Waals surface area contributed by atoms with Gasteiger partial charge in [0.1, 0.15) is 10.2 Å². The Labute approximate surface area is 198 Å². The molecule has 1 N–H and O–H groups in total. The van der Waals surface area contributed by atoms with Crippen molar-refractivity contribution in [2.24, 2.45) is 0 Å². The molecule has 3 aromatic rings. The molecule has 1 aliphatic heterocycles. The molecule has 1 aromatic heterocycles. The van der Waals surface area contributed by atoms with Crippen molar-refractivity contribution in [3.63, 3.8) is 0 Å². The monoisotopic (exact) mass is 513 g/mol. The van der Waals surface area contributed by atoms with E-state index >= 15 is 0 Å². The van der Waals surface area contributed by atoms with Gasteiger partial charge < -0.3 is 4.74 Å². The van der Waals surface area contributed by atoms with Crippen LogP contribution >= 0.6 is 22.9 Å². The number of ether oxygens (including phenoxy) is 1. The molecule has 12 heteroatoms. The van der Waals surface area contributed by atoms with E-state index in [1.165, 1.54) is 34.8 Å². The number of carbonyl (C=O) groups is 1. The van der Waals surface area contributed by atoms with Gasteiger partial charge in [-0.3, -0.25) is 10.1 Å². The van der Waals surface area contributed by atoms with Crippen LogP contribution in [0.2, 0.25) is 4.34 Å². The zero-order valence-corrected chi connectivity index (χ0v) is 19.4. The maximum Gasteiger partial charge on any atom is 0.271 e. The second kappa shape index (κ2) is 9.72. The van der Waals surface area contributed by atoms with Crippen molar-refractivity contribution in [1.82, 2.24) is 9.29 Å². The summed E-state index contributed by atoms with van der Waals surface area (Å²) in [5.74, 6) is -2.82. The fourth-order valence-electron chi connectivity index (χ4n) is 3.35. The number of thiazole rings is 1. The first kappa shape index (κ1) is 23.6. The SMILES string of the molecule is O=C(Nc1ncc(Cl)s1)C(Oc1ccc(F)cc1F)c1ccc(S(=O)(=O)N2CCCC2)cc1. The van der Waals surface area contributed by atoms with Gasteiger partial charge in [-0.15, -0.1) is 0 Å². The van der Waals surface area contributed by atoms with Gasteiger partial charge in [-0.1, -0.05) is 35.1 Å². The zero-order chi connectivity index (χ0) is 23.6. The Morgan fingerprint density at radius 2 is 1.85 bits per heavy atom. The molecule has 0 bridgehead atoms. The molecule has 1 aliphatic rings. The fourth-order valence-corrected chi connectivity index (χ4v) is 5.68. The molecule has 1 unspecified atom stereocenters. The first-order valence-electron chi connectivity index (χ1n) is 9.88. The highest BCUT2D eigenvalue weighted by atomic mass is 35.5. The highest BCUT2D eigenvalue weighted by molar-refractivity contribution is 7.89. The number of hydrogen-bond donors (Lipinski definition) is 1. The lowest BCUT2D eigenvalue weighted by Gasteiger charge is -2.20. The van der Waals surface area contributed by atoms with Gasteiger partial charge in [-0.2, -0.15) is 4.31 Å². The van der Waals surface area contributed by atoms with Crippen molar-refractivity contribution in [3.05, 3.63) is 70.2 Å². The van der Waals surface area contributed by atoms with E-state index in [1.807, 2.05) is 0 Å². The number of carbonyl (C=O) groups excluding carboxylic acids is 1.